The van der Waals surface area contributed by atoms with Crippen LogP contribution in [0, 0.1) is 0 Å². The van der Waals surface area contributed by atoms with Crippen LogP contribution in [0.2, 0.25) is 0 Å². The molecule has 0 saturated carbocycles. The quantitative estimate of drug-likeness (QED) is 0.521. The Labute approximate surface area is 171 Å². The molecule has 0 radical (unpaired) electrons. The van der Waals surface area contributed by atoms with Crippen molar-refractivity contribution in [3.63, 3.8) is 0 Å². The number of aromatic nitrogens is 1. The summed E-state index contributed by atoms with van der Waals surface area (Å²) < 4.78 is 5.35. The number of carbonyl (C=O) groups is 1. The molecule has 2 aromatic rings. The number of amides is 1. The van der Waals surface area contributed by atoms with E-state index in [1.165, 1.54) is 4.90 Å². The van der Waals surface area contributed by atoms with Crippen LogP contribution in [0.25, 0.3) is 0 Å². The molecule has 1 amide bonds. The Morgan fingerprint density at radius 1 is 1.25 bits per heavy atom. The summed E-state index contributed by atoms with van der Waals surface area (Å²) in [6, 6.07) is 3.81. The zero-order valence-corrected chi connectivity index (χ0v) is 18.2. The predicted molar refractivity (Wildman–Crippen MR) is 114 cm³/mol. The molecule has 0 aliphatic carbocycles. The molecule has 0 spiro atoms. The van der Waals surface area contributed by atoms with Gasteiger partial charge < -0.3 is 20.0 Å². The van der Waals surface area contributed by atoms with Crippen LogP contribution >= 0.6 is 11.3 Å². The zero-order chi connectivity index (χ0) is 20.6. The number of furan rings is 1. The maximum atomic E-state index is 11.8. The monoisotopic (exact) mass is 405 g/mol. The van der Waals surface area contributed by atoms with Crippen LogP contribution in [-0.4, -0.2) is 55.5 Å². The van der Waals surface area contributed by atoms with Gasteiger partial charge in [0.25, 0.3) is 0 Å². The summed E-state index contributed by atoms with van der Waals surface area (Å²) in [6.45, 7) is 7.97. The van der Waals surface area contributed by atoms with Gasteiger partial charge in [0.1, 0.15) is 12.3 Å². The molecule has 0 saturated heterocycles. The molecule has 0 bridgehead atoms. The number of nitrogens with zero attached hydrogens (tertiary/aromatic N) is 3. The van der Waals surface area contributed by atoms with Crippen molar-refractivity contribution in [1.29, 1.82) is 0 Å². The highest BCUT2D eigenvalue weighted by atomic mass is 32.1. The smallest absolute Gasteiger partial charge is 0.243 e. The van der Waals surface area contributed by atoms with Crippen LogP contribution in [0.5, 0.6) is 0 Å². The van der Waals surface area contributed by atoms with E-state index in [0.717, 1.165) is 29.3 Å². The van der Waals surface area contributed by atoms with Gasteiger partial charge in [0.15, 0.2) is 5.96 Å². The number of hydrogen-bond donors (Lipinski definition) is 2. The fourth-order valence-electron chi connectivity index (χ4n) is 2.30. The third-order valence-corrected chi connectivity index (χ3v) is 5.30. The summed E-state index contributed by atoms with van der Waals surface area (Å²) >= 11 is 1.70. The van der Waals surface area contributed by atoms with E-state index in [9.17, 15) is 4.79 Å². The normalized spacial score (nSPS) is 12.1. The molecule has 2 N–H and O–H groups in total. The van der Waals surface area contributed by atoms with E-state index in [1.807, 2.05) is 12.1 Å². The number of nitrogens with one attached hydrogen (secondary N) is 2. The first-order valence-electron chi connectivity index (χ1n) is 9.45. The summed E-state index contributed by atoms with van der Waals surface area (Å²) in [5, 5.41) is 9.80. The second-order valence-electron chi connectivity index (χ2n) is 7.78. The topological polar surface area (TPSA) is 82.8 Å². The molecule has 0 fully saturated rings. The van der Waals surface area contributed by atoms with Crippen molar-refractivity contribution in [3.05, 3.63) is 40.2 Å². The summed E-state index contributed by atoms with van der Waals surface area (Å²) in [4.78, 5) is 22.5. The van der Waals surface area contributed by atoms with Gasteiger partial charge in [-0.1, -0.05) is 20.8 Å². The van der Waals surface area contributed by atoms with E-state index in [-0.39, 0.29) is 17.9 Å². The molecule has 8 heteroatoms. The Morgan fingerprint density at radius 3 is 2.54 bits per heavy atom. The minimum absolute atomic E-state index is 0.0403. The van der Waals surface area contributed by atoms with E-state index in [0.29, 0.717) is 19.0 Å². The van der Waals surface area contributed by atoms with Crippen LogP contribution in [0.4, 0.5) is 0 Å². The molecule has 0 unspecified atom stereocenters. The molecule has 2 heterocycles. The SMILES string of the molecule is CN(C)C(=O)CN=C(NCCc1csc(C(C)(C)C)n1)NCCc1ccco1. The molecule has 0 aliphatic heterocycles. The van der Waals surface area contributed by atoms with Gasteiger partial charge in [-0.25, -0.2) is 9.98 Å². The molecule has 2 aromatic heterocycles. The minimum atomic E-state index is -0.0403. The van der Waals surface area contributed by atoms with Gasteiger partial charge >= 0.3 is 0 Å². The van der Waals surface area contributed by atoms with E-state index in [4.69, 9.17) is 9.40 Å². The van der Waals surface area contributed by atoms with Crippen LogP contribution < -0.4 is 10.6 Å². The third kappa shape index (κ3) is 7.34. The van der Waals surface area contributed by atoms with E-state index < -0.39 is 0 Å². The highest BCUT2D eigenvalue weighted by Gasteiger charge is 2.17. The second-order valence-corrected chi connectivity index (χ2v) is 8.64. The van der Waals surface area contributed by atoms with Gasteiger partial charge in [0, 0.05) is 50.8 Å². The van der Waals surface area contributed by atoms with Crippen LogP contribution in [0.1, 0.15) is 37.2 Å². The first kappa shape index (κ1) is 21.9. The van der Waals surface area contributed by atoms with E-state index in [1.54, 1.807) is 31.7 Å². The fourth-order valence-corrected chi connectivity index (χ4v) is 3.24. The van der Waals surface area contributed by atoms with Crippen molar-refractivity contribution in [1.82, 2.24) is 20.5 Å². The lowest BCUT2D eigenvalue weighted by atomic mass is 9.98. The van der Waals surface area contributed by atoms with Gasteiger partial charge in [0.2, 0.25) is 5.91 Å². The molecule has 0 aromatic carbocycles. The van der Waals surface area contributed by atoms with E-state index >= 15 is 0 Å². The molecule has 154 valence electrons. The first-order chi connectivity index (χ1) is 13.3. The number of carbonyl (C=O) groups excluding carboxylic acids is 1. The van der Waals surface area contributed by atoms with Crippen molar-refractivity contribution in [3.8, 4) is 0 Å². The van der Waals surface area contributed by atoms with Crippen LogP contribution in [0.15, 0.2) is 33.2 Å². The number of aliphatic imine (C=N–C) groups is 1. The maximum Gasteiger partial charge on any atom is 0.243 e. The van der Waals surface area contributed by atoms with Crippen molar-refractivity contribution < 1.29 is 9.21 Å². The Bertz CT molecular complexity index is 760. The van der Waals surface area contributed by atoms with Gasteiger partial charge in [-0.05, 0) is 12.1 Å². The second kappa shape index (κ2) is 10.3. The lowest BCUT2D eigenvalue weighted by Crippen LogP contribution is -2.40. The van der Waals surface area contributed by atoms with E-state index in [2.05, 4.69) is 41.8 Å². The average Bonchev–Trinajstić information content (AvgIpc) is 3.30. The molecular formula is C20H31N5O2S. The lowest BCUT2D eigenvalue weighted by Gasteiger charge is -2.14. The highest BCUT2D eigenvalue weighted by Crippen LogP contribution is 2.25. The Morgan fingerprint density at radius 2 is 1.96 bits per heavy atom. The van der Waals surface area contributed by atoms with Gasteiger partial charge in [-0.3, -0.25) is 4.79 Å². The zero-order valence-electron chi connectivity index (χ0n) is 17.4. The van der Waals surface area contributed by atoms with Crippen molar-refractivity contribution >= 4 is 23.2 Å². The molecule has 2 rings (SSSR count). The predicted octanol–water partition coefficient (Wildman–Crippen LogP) is 2.44. The number of likely N-dealkylation sites (N-methyl/N-ethyl adjacent to an activating group) is 1. The standard InChI is InChI=1S/C20H31N5O2S/c1-20(2,3)18-24-15(14-28-18)8-10-21-19(23-13-17(26)25(4)5)22-11-9-16-7-6-12-27-16/h6-7,12,14H,8-11,13H2,1-5H3,(H2,21,22,23). The van der Waals surface area contributed by atoms with Crippen LogP contribution in [-0.2, 0) is 23.1 Å². The molecular weight excluding hydrogens is 374 g/mol. The van der Waals surface area contributed by atoms with Crippen molar-refractivity contribution in [2.45, 2.75) is 39.0 Å². The van der Waals surface area contributed by atoms with Gasteiger partial charge in [-0.15, -0.1) is 11.3 Å². The molecule has 0 atom stereocenters. The lowest BCUT2D eigenvalue weighted by molar-refractivity contribution is -0.127. The van der Waals surface area contributed by atoms with Crippen LogP contribution in [0.3, 0.4) is 0 Å². The number of rotatable bonds is 8. The van der Waals surface area contributed by atoms with Crippen molar-refractivity contribution in [2.24, 2.45) is 4.99 Å². The molecule has 28 heavy (non-hydrogen) atoms. The number of thiazole rings is 1. The molecule has 0 aliphatic rings. The number of guanidine groups is 1. The third-order valence-electron chi connectivity index (χ3n) is 3.98. The summed E-state index contributed by atoms with van der Waals surface area (Å²) in [6.07, 6.45) is 3.21. The first-order valence-corrected chi connectivity index (χ1v) is 10.3. The summed E-state index contributed by atoms with van der Waals surface area (Å²) in [5.74, 6) is 1.49. The Balaban J connectivity index is 1.87. The van der Waals surface area contributed by atoms with Gasteiger partial charge in [-0.2, -0.15) is 0 Å². The Hall–Kier alpha value is -2.35. The summed E-state index contributed by atoms with van der Waals surface area (Å²) in [7, 11) is 3.45. The fraction of sp³-hybridized carbons (Fsp3) is 0.550. The highest BCUT2D eigenvalue weighted by molar-refractivity contribution is 7.09. The van der Waals surface area contributed by atoms with Crippen molar-refractivity contribution in [2.75, 3.05) is 33.7 Å². The summed E-state index contributed by atoms with van der Waals surface area (Å²) in [5.41, 5.74) is 1.14. The van der Waals surface area contributed by atoms with Gasteiger partial charge in [0.05, 0.1) is 17.0 Å². The average molecular weight is 406 g/mol. The maximum absolute atomic E-state index is 11.8. The minimum Gasteiger partial charge on any atom is -0.469 e. The Kier molecular flexibility index (Phi) is 8.04. The largest absolute Gasteiger partial charge is 0.469 e. The number of hydrogen-bond acceptors (Lipinski definition) is 5. The molecule has 7 nitrogen and oxygen atoms in total.